The van der Waals surface area contributed by atoms with Crippen molar-refractivity contribution in [1.29, 1.82) is 0 Å². The number of carbonyl (C=O) groups excluding carboxylic acids is 2. The molecule has 7 nitrogen and oxygen atoms in total. The minimum atomic E-state index is -1.01. The number of H-pyrrole nitrogens is 1. The Hall–Kier alpha value is -2.67. The molecule has 0 radical (unpaired) electrons. The van der Waals surface area contributed by atoms with Gasteiger partial charge in [0.25, 0.3) is 0 Å². The first-order valence-electron chi connectivity index (χ1n) is 6.60. The first-order valence-corrected chi connectivity index (χ1v) is 6.60. The van der Waals surface area contributed by atoms with Gasteiger partial charge < -0.3 is 14.8 Å². The molecule has 1 aromatic carbocycles. The van der Waals surface area contributed by atoms with E-state index in [0.29, 0.717) is 11.4 Å². The summed E-state index contributed by atoms with van der Waals surface area (Å²) in [6, 6.07) is 6.65. The quantitative estimate of drug-likeness (QED) is 0.474. The summed E-state index contributed by atoms with van der Waals surface area (Å²) >= 11 is 0. The summed E-state index contributed by atoms with van der Waals surface area (Å²) in [5, 5.41) is 9.39. The lowest BCUT2D eigenvalue weighted by Gasteiger charge is -2.12. The van der Waals surface area contributed by atoms with Crippen molar-refractivity contribution in [1.82, 2.24) is 9.88 Å². The van der Waals surface area contributed by atoms with Gasteiger partial charge in [-0.2, -0.15) is 0 Å². The summed E-state index contributed by atoms with van der Waals surface area (Å²) in [6.45, 7) is 1.09. The van der Waals surface area contributed by atoms with Gasteiger partial charge in [-0.15, -0.1) is 0 Å². The molecule has 0 spiro atoms. The summed E-state index contributed by atoms with van der Waals surface area (Å²) in [4.78, 5) is 37.9. The number of ketones is 1. The minimum absolute atomic E-state index is 0.0787. The zero-order chi connectivity index (χ0) is 16.3. The monoisotopic (exact) mass is 304 g/mol. The van der Waals surface area contributed by atoms with Gasteiger partial charge in [0.05, 0.1) is 18.8 Å². The second-order valence-corrected chi connectivity index (χ2v) is 5.03. The molecule has 0 unspecified atom stereocenters. The van der Waals surface area contributed by atoms with Crippen LogP contribution in [0.5, 0.6) is 5.75 Å². The average Bonchev–Trinajstić information content (AvgIpc) is 2.80. The van der Waals surface area contributed by atoms with Crippen molar-refractivity contribution < 1.29 is 24.2 Å². The second-order valence-electron chi connectivity index (χ2n) is 5.03. The average molecular weight is 304 g/mol. The molecule has 2 rings (SSSR count). The van der Waals surface area contributed by atoms with Crippen molar-refractivity contribution >= 4 is 28.6 Å². The highest BCUT2D eigenvalue weighted by molar-refractivity contribution is 5.98. The number of nitrogens with one attached hydrogen (secondary N) is 1. The molecule has 0 fully saturated rings. The van der Waals surface area contributed by atoms with Crippen LogP contribution in [0, 0.1) is 0 Å². The molecule has 0 aliphatic rings. The number of aromatic amines is 1. The number of carboxylic acids is 1. The maximum Gasteiger partial charge on any atom is 0.325 e. The number of hydrogen-bond acceptors (Lipinski definition) is 5. The molecule has 0 saturated carbocycles. The van der Waals surface area contributed by atoms with E-state index >= 15 is 0 Å². The Labute approximate surface area is 126 Å². The molecular weight excluding hydrogens is 288 g/mol. The fourth-order valence-corrected chi connectivity index (χ4v) is 2.03. The summed E-state index contributed by atoms with van der Waals surface area (Å²) in [6.07, 6.45) is 0. The lowest BCUT2D eigenvalue weighted by atomic mass is 10.2. The topological polar surface area (TPSA) is 99.7 Å². The van der Waals surface area contributed by atoms with E-state index in [1.54, 1.807) is 24.3 Å². The third-order valence-electron chi connectivity index (χ3n) is 3.01. The fraction of sp³-hybridized carbons (Fsp3) is 0.267. The number of esters is 1. The smallest absolute Gasteiger partial charge is 0.325 e. The van der Waals surface area contributed by atoms with Crippen molar-refractivity contribution in [2.45, 2.75) is 6.92 Å². The van der Waals surface area contributed by atoms with Crippen LogP contribution in [0.3, 0.4) is 0 Å². The zero-order valence-electron chi connectivity index (χ0n) is 12.3. The summed E-state index contributed by atoms with van der Waals surface area (Å²) < 4.78 is 5.17. The molecule has 0 saturated heterocycles. The molecule has 0 bridgehead atoms. The molecule has 0 atom stereocenters. The van der Waals surface area contributed by atoms with Gasteiger partial charge in [-0.25, -0.2) is 0 Å². The van der Waals surface area contributed by atoms with Crippen LogP contribution >= 0.6 is 0 Å². The molecule has 1 aromatic heterocycles. The van der Waals surface area contributed by atoms with E-state index in [-0.39, 0.29) is 18.9 Å². The number of likely N-dealkylation sites (N-methyl/N-ethyl adjacent to an activating group) is 1. The summed E-state index contributed by atoms with van der Waals surface area (Å²) in [5.74, 6) is -1.30. The van der Waals surface area contributed by atoms with E-state index in [4.69, 9.17) is 9.84 Å². The van der Waals surface area contributed by atoms with Gasteiger partial charge in [-0.3, -0.25) is 19.3 Å². The fourth-order valence-electron chi connectivity index (χ4n) is 2.03. The maximum absolute atomic E-state index is 11.7. The molecular formula is C15H16N2O5. The van der Waals surface area contributed by atoms with Crippen LogP contribution in [0.4, 0.5) is 0 Å². The van der Waals surface area contributed by atoms with Crippen molar-refractivity contribution in [2.75, 3.05) is 20.1 Å². The molecule has 22 heavy (non-hydrogen) atoms. The highest BCUT2D eigenvalue weighted by Gasteiger charge is 2.12. The molecule has 0 aliphatic heterocycles. The number of ether oxygens (including phenoxy) is 1. The van der Waals surface area contributed by atoms with E-state index < -0.39 is 11.9 Å². The predicted octanol–water partition coefficient (Wildman–Crippen LogP) is 1.29. The van der Waals surface area contributed by atoms with Crippen molar-refractivity contribution in [3.63, 3.8) is 0 Å². The predicted molar refractivity (Wildman–Crippen MR) is 79.1 cm³/mol. The third-order valence-corrected chi connectivity index (χ3v) is 3.01. The third kappa shape index (κ3) is 3.92. The number of benzene rings is 1. The first-order chi connectivity index (χ1) is 10.3. The van der Waals surface area contributed by atoms with Gasteiger partial charge in [-0.1, -0.05) is 0 Å². The van der Waals surface area contributed by atoms with E-state index in [1.165, 1.54) is 18.9 Å². The lowest BCUT2D eigenvalue weighted by Crippen LogP contribution is -2.32. The van der Waals surface area contributed by atoms with Crippen LogP contribution in [0.15, 0.2) is 24.3 Å². The Morgan fingerprint density at radius 2 is 1.95 bits per heavy atom. The Balaban J connectivity index is 2.06. The Bertz CT molecular complexity index is 735. The highest BCUT2D eigenvalue weighted by Crippen LogP contribution is 2.22. The van der Waals surface area contributed by atoms with E-state index in [1.807, 2.05) is 0 Å². The number of carboxylic acid groups (broad SMARTS) is 1. The van der Waals surface area contributed by atoms with Crippen LogP contribution in [-0.4, -0.2) is 52.8 Å². The van der Waals surface area contributed by atoms with Gasteiger partial charge in [0.2, 0.25) is 0 Å². The molecule has 116 valence electrons. The molecule has 0 amide bonds. The number of aliphatic carboxylic acids is 1. The number of hydrogen-bond donors (Lipinski definition) is 2. The van der Waals surface area contributed by atoms with Gasteiger partial charge in [0, 0.05) is 17.8 Å². The molecule has 7 heteroatoms. The van der Waals surface area contributed by atoms with Gasteiger partial charge in [0.15, 0.2) is 5.78 Å². The molecule has 2 N–H and O–H groups in total. The standard InChI is InChI=1S/C15H16N2O5/c1-9(18)13-6-10-5-11(3-4-12(10)16-13)22-15(21)8-17(2)7-14(19)20/h3-6,16H,7-8H2,1-2H3,(H,19,20). The summed E-state index contributed by atoms with van der Waals surface area (Å²) in [5.41, 5.74) is 1.26. The molecule has 0 aliphatic carbocycles. The largest absolute Gasteiger partial charge is 0.480 e. The van der Waals surface area contributed by atoms with E-state index in [9.17, 15) is 14.4 Å². The number of carbonyl (C=O) groups is 3. The van der Waals surface area contributed by atoms with Gasteiger partial charge >= 0.3 is 11.9 Å². The van der Waals surface area contributed by atoms with Gasteiger partial charge in [0.1, 0.15) is 5.75 Å². The highest BCUT2D eigenvalue weighted by atomic mass is 16.5. The van der Waals surface area contributed by atoms with Crippen LogP contribution in [0.25, 0.3) is 10.9 Å². The van der Waals surface area contributed by atoms with E-state index in [0.717, 1.165) is 10.9 Å². The zero-order valence-corrected chi connectivity index (χ0v) is 12.3. The van der Waals surface area contributed by atoms with Crippen molar-refractivity contribution in [3.8, 4) is 5.75 Å². The molecule has 2 aromatic rings. The second kappa shape index (κ2) is 6.40. The maximum atomic E-state index is 11.7. The molecule has 1 heterocycles. The number of fused-ring (bicyclic) bond motifs is 1. The number of nitrogens with zero attached hydrogens (tertiary/aromatic N) is 1. The minimum Gasteiger partial charge on any atom is -0.480 e. The van der Waals surface area contributed by atoms with Crippen LogP contribution < -0.4 is 4.74 Å². The van der Waals surface area contributed by atoms with Crippen LogP contribution in [0.2, 0.25) is 0 Å². The first kappa shape index (κ1) is 15.7. The Morgan fingerprint density at radius 3 is 2.59 bits per heavy atom. The Morgan fingerprint density at radius 1 is 1.23 bits per heavy atom. The number of rotatable bonds is 6. The number of Topliss-reactive ketones (excluding diaryl/α,β-unsaturated/α-hetero) is 1. The van der Waals surface area contributed by atoms with Crippen LogP contribution in [0.1, 0.15) is 17.4 Å². The SMILES string of the molecule is CC(=O)c1cc2cc(OC(=O)CN(C)CC(=O)O)ccc2[nH]1. The Kier molecular flexibility index (Phi) is 4.57. The summed E-state index contributed by atoms with van der Waals surface area (Å²) in [7, 11) is 1.52. The van der Waals surface area contributed by atoms with Crippen molar-refractivity contribution in [3.05, 3.63) is 30.0 Å². The lowest BCUT2D eigenvalue weighted by molar-refractivity contribution is -0.140. The van der Waals surface area contributed by atoms with Gasteiger partial charge in [-0.05, 0) is 31.3 Å². The van der Waals surface area contributed by atoms with Crippen LogP contribution in [-0.2, 0) is 9.59 Å². The van der Waals surface area contributed by atoms with Crippen molar-refractivity contribution in [2.24, 2.45) is 0 Å². The number of aromatic nitrogens is 1. The normalized spacial score (nSPS) is 10.9. The van der Waals surface area contributed by atoms with E-state index in [2.05, 4.69) is 4.98 Å².